The number of thioether (sulfide) groups is 1. The first-order valence-corrected chi connectivity index (χ1v) is 9.06. The summed E-state index contributed by atoms with van der Waals surface area (Å²) in [4.78, 5) is 29.3. The number of rotatable bonds is 6. The van der Waals surface area contributed by atoms with Crippen molar-refractivity contribution in [1.29, 1.82) is 0 Å². The largest absolute Gasteiger partial charge is 0.465 e. The highest BCUT2D eigenvalue weighted by Crippen LogP contribution is 2.26. The van der Waals surface area contributed by atoms with E-state index in [1.165, 1.54) is 18.9 Å². The van der Waals surface area contributed by atoms with Crippen LogP contribution in [0.4, 0.5) is 5.69 Å². The van der Waals surface area contributed by atoms with Gasteiger partial charge in [-0.05, 0) is 30.3 Å². The number of amides is 1. The Hall–Kier alpha value is -3.13. The molecule has 7 nitrogen and oxygen atoms in total. The summed E-state index contributed by atoms with van der Waals surface area (Å²) >= 11 is 1.44. The number of nitrogens with one attached hydrogen (secondary N) is 1. The number of anilines is 1. The molecule has 0 saturated heterocycles. The summed E-state index contributed by atoms with van der Waals surface area (Å²) in [5.74, 6) is 0.821. The lowest BCUT2D eigenvalue weighted by Crippen LogP contribution is -2.13. The number of aryl methyl sites for hydroxylation is 1. The molecule has 0 saturated carbocycles. The number of benzene rings is 2. The van der Waals surface area contributed by atoms with Crippen molar-refractivity contribution in [3.63, 3.8) is 0 Å². The van der Waals surface area contributed by atoms with Gasteiger partial charge < -0.3 is 14.6 Å². The topological polar surface area (TPSA) is 94.3 Å². The predicted molar refractivity (Wildman–Crippen MR) is 101 cm³/mol. The summed E-state index contributed by atoms with van der Waals surface area (Å²) in [7, 11) is 1.31. The van der Waals surface area contributed by atoms with Crippen molar-refractivity contribution in [3.8, 4) is 0 Å². The second-order valence-electron chi connectivity index (χ2n) is 5.54. The number of hydrogen-bond acceptors (Lipinski definition) is 7. The molecule has 1 heterocycles. The molecule has 0 unspecified atom stereocenters. The van der Waals surface area contributed by atoms with E-state index in [-0.39, 0.29) is 5.91 Å². The fourth-order valence-electron chi connectivity index (χ4n) is 2.36. The summed E-state index contributed by atoms with van der Waals surface area (Å²) in [6.45, 7) is 1.73. The van der Waals surface area contributed by atoms with Crippen molar-refractivity contribution in [2.45, 2.75) is 17.6 Å². The molecule has 0 bridgehead atoms. The van der Waals surface area contributed by atoms with E-state index in [4.69, 9.17) is 9.26 Å². The molecule has 0 fully saturated rings. The second-order valence-corrected chi connectivity index (χ2v) is 6.56. The quantitative estimate of drug-likeness (QED) is 0.512. The molecule has 138 valence electrons. The Morgan fingerprint density at radius 1 is 1.19 bits per heavy atom. The van der Waals surface area contributed by atoms with Gasteiger partial charge >= 0.3 is 5.97 Å². The van der Waals surface area contributed by atoms with Gasteiger partial charge in [-0.1, -0.05) is 23.4 Å². The summed E-state index contributed by atoms with van der Waals surface area (Å²) in [6.07, 6.45) is 0. The lowest BCUT2D eigenvalue weighted by atomic mass is 10.1. The third kappa shape index (κ3) is 4.73. The molecule has 1 N–H and O–H groups in total. The molecular weight excluding hydrogens is 366 g/mol. The van der Waals surface area contributed by atoms with Crippen molar-refractivity contribution in [2.75, 3.05) is 12.4 Å². The molecule has 27 heavy (non-hydrogen) atoms. The van der Waals surface area contributed by atoms with Gasteiger partial charge in [-0.25, -0.2) is 4.79 Å². The number of carbonyl (C=O) groups excluding carboxylic acids is 2. The summed E-state index contributed by atoms with van der Waals surface area (Å²) < 4.78 is 9.66. The highest BCUT2D eigenvalue weighted by atomic mass is 32.2. The molecular formula is C19H17N3O4S. The van der Waals surface area contributed by atoms with Gasteiger partial charge in [0, 0.05) is 17.5 Å². The third-order valence-corrected chi connectivity index (χ3v) is 4.67. The normalized spacial score (nSPS) is 10.4. The van der Waals surface area contributed by atoms with Gasteiger partial charge in [-0.3, -0.25) is 4.79 Å². The van der Waals surface area contributed by atoms with Crippen molar-refractivity contribution < 1.29 is 18.8 Å². The molecule has 0 aliphatic carbocycles. The number of nitrogens with zero attached hydrogens (tertiary/aromatic N) is 2. The van der Waals surface area contributed by atoms with E-state index in [1.54, 1.807) is 43.3 Å². The predicted octanol–water partition coefficient (Wildman–Crippen LogP) is 3.71. The summed E-state index contributed by atoms with van der Waals surface area (Å²) in [5.41, 5.74) is 1.40. The molecule has 3 rings (SSSR count). The first-order chi connectivity index (χ1) is 13.1. The number of aromatic nitrogens is 2. The van der Waals surface area contributed by atoms with E-state index in [0.29, 0.717) is 34.3 Å². The van der Waals surface area contributed by atoms with Crippen LogP contribution in [0.3, 0.4) is 0 Å². The fourth-order valence-corrected chi connectivity index (χ4v) is 3.26. The Kier molecular flexibility index (Phi) is 5.87. The highest BCUT2D eigenvalue weighted by Gasteiger charge is 2.14. The van der Waals surface area contributed by atoms with Gasteiger partial charge in [0.25, 0.3) is 5.91 Å². The van der Waals surface area contributed by atoms with Crippen LogP contribution in [0.2, 0.25) is 0 Å². The molecule has 0 atom stereocenters. The maximum atomic E-state index is 12.7. The van der Waals surface area contributed by atoms with Gasteiger partial charge in [0.1, 0.15) is 0 Å². The Morgan fingerprint density at radius 2 is 2.00 bits per heavy atom. The van der Waals surface area contributed by atoms with E-state index in [2.05, 4.69) is 15.5 Å². The summed E-state index contributed by atoms with van der Waals surface area (Å²) in [6, 6.07) is 13.8. The average Bonchev–Trinajstić information content (AvgIpc) is 3.11. The zero-order chi connectivity index (χ0) is 19.2. The zero-order valence-electron chi connectivity index (χ0n) is 14.8. The van der Waals surface area contributed by atoms with Crippen LogP contribution in [-0.2, 0) is 10.5 Å². The number of methoxy groups -OCH3 is 1. The van der Waals surface area contributed by atoms with Crippen molar-refractivity contribution in [3.05, 3.63) is 71.4 Å². The van der Waals surface area contributed by atoms with Crippen LogP contribution < -0.4 is 5.32 Å². The number of hydrogen-bond donors (Lipinski definition) is 1. The summed E-state index contributed by atoms with van der Waals surface area (Å²) in [5, 5.41) is 6.67. The van der Waals surface area contributed by atoms with Crippen molar-refractivity contribution in [2.24, 2.45) is 0 Å². The number of carbonyl (C=O) groups is 2. The maximum Gasteiger partial charge on any atom is 0.337 e. The SMILES string of the molecule is COC(=O)c1cccc(NC(=O)c2ccccc2SCc2noc(C)n2)c1. The van der Waals surface area contributed by atoms with Crippen LogP contribution in [0.5, 0.6) is 0 Å². The van der Waals surface area contributed by atoms with Crippen LogP contribution >= 0.6 is 11.8 Å². The molecule has 3 aromatic rings. The smallest absolute Gasteiger partial charge is 0.337 e. The fraction of sp³-hybridized carbons (Fsp3) is 0.158. The lowest BCUT2D eigenvalue weighted by Gasteiger charge is -2.10. The van der Waals surface area contributed by atoms with E-state index >= 15 is 0 Å². The van der Waals surface area contributed by atoms with Crippen LogP contribution in [0.15, 0.2) is 57.9 Å². The monoisotopic (exact) mass is 383 g/mol. The van der Waals surface area contributed by atoms with Crippen molar-refractivity contribution >= 4 is 29.3 Å². The lowest BCUT2D eigenvalue weighted by molar-refractivity contribution is 0.0600. The van der Waals surface area contributed by atoms with E-state index < -0.39 is 5.97 Å². The average molecular weight is 383 g/mol. The minimum absolute atomic E-state index is 0.274. The Bertz CT molecular complexity index is 971. The van der Waals surface area contributed by atoms with E-state index in [9.17, 15) is 9.59 Å². The van der Waals surface area contributed by atoms with Crippen LogP contribution in [0.1, 0.15) is 32.4 Å². The van der Waals surface area contributed by atoms with Crippen LogP contribution in [0, 0.1) is 6.92 Å². The molecule has 1 amide bonds. The third-order valence-electron chi connectivity index (χ3n) is 3.60. The van der Waals surface area contributed by atoms with Gasteiger partial charge in [0.15, 0.2) is 5.82 Å². The number of esters is 1. The molecule has 8 heteroatoms. The number of ether oxygens (including phenoxy) is 1. The highest BCUT2D eigenvalue weighted by molar-refractivity contribution is 7.98. The van der Waals surface area contributed by atoms with Gasteiger partial charge in [0.2, 0.25) is 5.89 Å². The van der Waals surface area contributed by atoms with Gasteiger partial charge in [-0.15, -0.1) is 11.8 Å². The van der Waals surface area contributed by atoms with E-state index in [0.717, 1.165) is 4.90 Å². The van der Waals surface area contributed by atoms with Gasteiger partial charge in [0.05, 0.1) is 24.0 Å². The van der Waals surface area contributed by atoms with Crippen molar-refractivity contribution in [1.82, 2.24) is 10.1 Å². The standard InChI is InChI=1S/C19H17N3O4S/c1-12-20-17(22-26-12)11-27-16-9-4-3-8-15(16)18(23)21-14-7-5-6-13(10-14)19(24)25-2/h3-10H,11H2,1-2H3,(H,21,23). The molecule has 0 aliphatic rings. The second kappa shape index (κ2) is 8.50. The molecule has 0 radical (unpaired) electrons. The first kappa shape index (κ1) is 18.7. The van der Waals surface area contributed by atoms with Crippen LogP contribution in [-0.4, -0.2) is 29.1 Å². The molecule has 0 aliphatic heterocycles. The maximum absolute atomic E-state index is 12.7. The Labute approximate surface area is 160 Å². The molecule has 0 spiro atoms. The Balaban J connectivity index is 1.74. The Morgan fingerprint density at radius 3 is 2.74 bits per heavy atom. The first-order valence-electron chi connectivity index (χ1n) is 8.07. The minimum Gasteiger partial charge on any atom is -0.465 e. The van der Waals surface area contributed by atoms with E-state index in [1.807, 2.05) is 12.1 Å². The van der Waals surface area contributed by atoms with Crippen LogP contribution in [0.25, 0.3) is 0 Å². The zero-order valence-corrected chi connectivity index (χ0v) is 15.6. The van der Waals surface area contributed by atoms with Gasteiger partial charge in [-0.2, -0.15) is 4.98 Å². The molecule has 2 aromatic carbocycles. The minimum atomic E-state index is -0.461. The molecule has 1 aromatic heterocycles.